The number of carbonyl (C=O) groups is 1. The second-order valence-corrected chi connectivity index (χ2v) is 4.94. The number of halogens is 1. The van der Waals surface area contributed by atoms with Gasteiger partial charge < -0.3 is 9.64 Å². The SMILES string of the molecule is O=C1OCCN1CC1(CBr)CCCC1. The van der Waals surface area contributed by atoms with Gasteiger partial charge in [0.1, 0.15) is 6.61 Å². The highest BCUT2D eigenvalue weighted by Gasteiger charge is 2.37. The monoisotopic (exact) mass is 261 g/mol. The molecule has 0 unspecified atom stereocenters. The molecule has 1 aliphatic carbocycles. The van der Waals surface area contributed by atoms with Crippen LogP contribution >= 0.6 is 15.9 Å². The predicted molar refractivity (Wildman–Crippen MR) is 57.6 cm³/mol. The zero-order valence-corrected chi connectivity index (χ0v) is 9.88. The fourth-order valence-electron chi connectivity index (χ4n) is 2.43. The van der Waals surface area contributed by atoms with Crippen molar-refractivity contribution in [2.45, 2.75) is 25.7 Å². The van der Waals surface area contributed by atoms with Crippen LogP contribution in [0.3, 0.4) is 0 Å². The number of nitrogens with zero attached hydrogens (tertiary/aromatic N) is 1. The van der Waals surface area contributed by atoms with E-state index >= 15 is 0 Å². The first-order valence-electron chi connectivity index (χ1n) is 5.23. The second kappa shape index (κ2) is 4.09. The first-order valence-corrected chi connectivity index (χ1v) is 6.36. The van der Waals surface area contributed by atoms with Gasteiger partial charge in [-0.25, -0.2) is 4.79 Å². The molecule has 4 heteroatoms. The van der Waals surface area contributed by atoms with Crippen molar-refractivity contribution < 1.29 is 9.53 Å². The first-order chi connectivity index (χ1) is 6.76. The van der Waals surface area contributed by atoms with Crippen molar-refractivity contribution in [3.8, 4) is 0 Å². The predicted octanol–water partition coefficient (Wildman–Crippen LogP) is 2.39. The number of hydrogen-bond donors (Lipinski definition) is 0. The molecule has 0 spiro atoms. The highest BCUT2D eigenvalue weighted by molar-refractivity contribution is 9.09. The van der Waals surface area contributed by atoms with Gasteiger partial charge in [0, 0.05) is 11.9 Å². The van der Waals surface area contributed by atoms with Crippen molar-refractivity contribution in [3.05, 3.63) is 0 Å². The molecule has 0 bridgehead atoms. The summed E-state index contributed by atoms with van der Waals surface area (Å²) in [6, 6.07) is 0. The van der Waals surface area contributed by atoms with E-state index in [0.29, 0.717) is 12.0 Å². The summed E-state index contributed by atoms with van der Waals surface area (Å²) in [5.74, 6) is 0. The minimum atomic E-state index is -0.128. The Balaban J connectivity index is 1.96. The Labute approximate surface area is 92.9 Å². The third-order valence-electron chi connectivity index (χ3n) is 3.32. The van der Waals surface area contributed by atoms with Gasteiger partial charge in [0.25, 0.3) is 0 Å². The van der Waals surface area contributed by atoms with Crippen molar-refractivity contribution in [2.24, 2.45) is 5.41 Å². The number of ether oxygens (including phenoxy) is 1. The molecular weight excluding hydrogens is 246 g/mol. The molecule has 2 rings (SSSR count). The molecule has 0 aromatic carbocycles. The maximum atomic E-state index is 11.3. The van der Waals surface area contributed by atoms with E-state index in [0.717, 1.165) is 18.4 Å². The average Bonchev–Trinajstić information content (AvgIpc) is 2.79. The highest BCUT2D eigenvalue weighted by Crippen LogP contribution is 2.40. The van der Waals surface area contributed by atoms with E-state index in [1.165, 1.54) is 25.7 Å². The van der Waals surface area contributed by atoms with Crippen LogP contribution in [0.2, 0.25) is 0 Å². The van der Waals surface area contributed by atoms with Gasteiger partial charge >= 0.3 is 6.09 Å². The Morgan fingerprint density at radius 1 is 1.43 bits per heavy atom. The van der Waals surface area contributed by atoms with E-state index in [9.17, 15) is 4.79 Å². The summed E-state index contributed by atoms with van der Waals surface area (Å²) in [7, 11) is 0. The molecule has 0 aromatic rings. The molecule has 1 heterocycles. The molecule has 1 saturated heterocycles. The van der Waals surface area contributed by atoms with E-state index in [-0.39, 0.29) is 6.09 Å². The minimum absolute atomic E-state index is 0.128. The minimum Gasteiger partial charge on any atom is -0.448 e. The maximum absolute atomic E-state index is 11.3. The zero-order valence-electron chi connectivity index (χ0n) is 8.30. The first kappa shape index (κ1) is 10.3. The highest BCUT2D eigenvalue weighted by atomic mass is 79.9. The molecule has 2 fully saturated rings. The van der Waals surface area contributed by atoms with Crippen molar-refractivity contribution in [3.63, 3.8) is 0 Å². The molecular formula is C10H16BrNO2. The van der Waals surface area contributed by atoms with Gasteiger partial charge in [0.2, 0.25) is 0 Å². The smallest absolute Gasteiger partial charge is 0.409 e. The lowest BCUT2D eigenvalue weighted by Gasteiger charge is -2.30. The molecule has 1 aliphatic heterocycles. The van der Waals surface area contributed by atoms with Crippen molar-refractivity contribution in [1.29, 1.82) is 0 Å². The molecule has 1 saturated carbocycles. The topological polar surface area (TPSA) is 29.5 Å². The van der Waals surface area contributed by atoms with Gasteiger partial charge in [-0.15, -0.1) is 0 Å². The van der Waals surface area contributed by atoms with Crippen LogP contribution in [-0.2, 0) is 4.74 Å². The van der Waals surface area contributed by atoms with Gasteiger partial charge in [0.05, 0.1) is 6.54 Å². The van der Waals surface area contributed by atoms with Crippen LogP contribution < -0.4 is 0 Å². The Morgan fingerprint density at radius 3 is 2.64 bits per heavy atom. The fourth-order valence-corrected chi connectivity index (χ4v) is 3.17. The van der Waals surface area contributed by atoms with Gasteiger partial charge in [-0.05, 0) is 18.3 Å². The van der Waals surface area contributed by atoms with E-state index in [1.807, 2.05) is 4.90 Å². The third kappa shape index (κ3) is 1.90. The molecule has 0 atom stereocenters. The van der Waals surface area contributed by atoms with Crippen molar-refractivity contribution >= 4 is 22.0 Å². The van der Waals surface area contributed by atoms with Crippen LogP contribution in [0, 0.1) is 5.41 Å². The summed E-state index contributed by atoms with van der Waals surface area (Å²) in [6.45, 7) is 2.21. The summed E-state index contributed by atoms with van der Waals surface area (Å²) in [6.07, 6.45) is 4.95. The van der Waals surface area contributed by atoms with Crippen LogP contribution in [0.25, 0.3) is 0 Å². The normalized spacial score (nSPS) is 25.5. The van der Waals surface area contributed by atoms with Crippen molar-refractivity contribution in [1.82, 2.24) is 4.90 Å². The van der Waals surface area contributed by atoms with E-state index in [1.54, 1.807) is 0 Å². The van der Waals surface area contributed by atoms with Gasteiger partial charge in [-0.3, -0.25) is 0 Å². The summed E-state index contributed by atoms with van der Waals surface area (Å²) in [4.78, 5) is 13.2. The second-order valence-electron chi connectivity index (χ2n) is 4.38. The largest absolute Gasteiger partial charge is 0.448 e. The molecule has 0 aromatic heterocycles. The quantitative estimate of drug-likeness (QED) is 0.731. The Hall–Kier alpha value is -0.250. The number of cyclic esters (lactones) is 1. The summed E-state index contributed by atoms with van der Waals surface area (Å²) in [5, 5.41) is 1.00. The fraction of sp³-hybridized carbons (Fsp3) is 0.900. The van der Waals surface area contributed by atoms with E-state index in [2.05, 4.69) is 15.9 Å². The van der Waals surface area contributed by atoms with E-state index in [4.69, 9.17) is 4.74 Å². The zero-order chi connectivity index (χ0) is 10.0. The summed E-state index contributed by atoms with van der Waals surface area (Å²) < 4.78 is 4.94. The van der Waals surface area contributed by atoms with Crippen LogP contribution in [0.4, 0.5) is 4.79 Å². The van der Waals surface area contributed by atoms with Crippen molar-refractivity contribution in [2.75, 3.05) is 25.0 Å². The van der Waals surface area contributed by atoms with Gasteiger partial charge in [0.15, 0.2) is 0 Å². The molecule has 0 radical (unpaired) electrons. The molecule has 2 aliphatic rings. The Bertz CT molecular complexity index is 226. The summed E-state index contributed by atoms with van der Waals surface area (Å²) in [5.41, 5.74) is 0.323. The molecule has 14 heavy (non-hydrogen) atoms. The van der Waals surface area contributed by atoms with Crippen LogP contribution in [-0.4, -0.2) is 36.0 Å². The Morgan fingerprint density at radius 2 is 2.14 bits per heavy atom. The number of carbonyl (C=O) groups excluding carboxylic acids is 1. The standard InChI is InChI=1S/C10H16BrNO2/c11-7-10(3-1-2-4-10)8-12-5-6-14-9(12)13/h1-8H2. The number of alkyl halides is 1. The third-order valence-corrected chi connectivity index (χ3v) is 4.51. The lowest BCUT2D eigenvalue weighted by Crippen LogP contribution is -2.37. The average molecular weight is 262 g/mol. The lowest BCUT2D eigenvalue weighted by molar-refractivity contribution is 0.144. The number of rotatable bonds is 3. The van der Waals surface area contributed by atoms with Gasteiger partial charge in [-0.1, -0.05) is 28.8 Å². The van der Waals surface area contributed by atoms with Crippen LogP contribution in [0.1, 0.15) is 25.7 Å². The molecule has 0 N–H and O–H groups in total. The lowest BCUT2D eigenvalue weighted by atomic mass is 9.88. The van der Waals surface area contributed by atoms with E-state index < -0.39 is 0 Å². The molecule has 80 valence electrons. The van der Waals surface area contributed by atoms with Crippen LogP contribution in [0.15, 0.2) is 0 Å². The number of amides is 1. The van der Waals surface area contributed by atoms with Gasteiger partial charge in [-0.2, -0.15) is 0 Å². The number of hydrogen-bond acceptors (Lipinski definition) is 2. The van der Waals surface area contributed by atoms with Crippen LogP contribution in [0.5, 0.6) is 0 Å². The summed E-state index contributed by atoms with van der Waals surface area (Å²) >= 11 is 3.58. The molecule has 1 amide bonds. The maximum Gasteiger partial charge on any atom is 0.409 e. The Kier molecular flexibility index (Phi) is 3.00. The molecule has 3 nitrogen and oxygen atoms in total.